The zero-order chi connectivity index (χ0) is 12.0. The molecule has 4 heteroatoms. The highest BCUT2D eigenvalue weighted by atomic mass is 16.6. The monoisotopic (exact) mass is 228 g/mol. The van der Waals surface area contributed by atoms with E-state index in [-0.39, 0.29) is 12.2 Å². The zero-order valence-corrected chi connectivity index (χ0v) is 10.4. The maximum atomic E-state index is 11.3. The van der Waals surface area contributed by atoms with Gasteiger partial charge in [-0.2, -0.15) is 0 Å². The molecule has 0 radical (unpaired) electrons. The van der Waals surface area contributed by atoms with Gasteiger partial charge in [0, 0.05) is 6.54 Å². The normalized spacial score (nSPS) is 25.5. The third-order valence-corrected chi connectivity index (χ3v) is 3.22. The first-order valence-electron chi connectivity index (χ1n) is 6.28. The van der Waals surface area contributed by atoms with Crippen LogP contribution in [-0.4, -0.2) is 25.3 Å². The first kappa shape index (κ1) is 13.3. The number of amides is 1. The lowest BCUT2D eigenvalue weighted by atomic mass is 9.79. The van der Waals surface area contributed by atoms with Crippen molar-refractivity contribution in [2.45, 2.75) is 45.6 Å². The Hall–Kier alpha value is -0.770. The molecule has 0 aliphatic heterocycles. The van der Waals surface area contributed by atoms with Crippen LogP contribution in [0, 0.1) is 11.8 Å². The Morgan fingerprint density at radius 1 is 1.38 bits per heavy atom. The summed E-state index contributed by atoms with van der Waals surface area (Å²) in [7, 11) is 0. The van der Waals surface area contributed by atoms with Gasteiger partial charge < -0.3 is 15.8 Å². The van der Waals surface area contributed by atoms with Crippen molar-refractivity contribution in [2.75, 3.05) is 13.1 Å². The molecular formula is C12H24N2O2. The Morgan fingerprint density at radius 2 is 2.00 bits per heavy atom. The van der Waals surface area contributed by atoms with E-state index in [4.69, 9.17) is 10.5 Å². The van der Waals surface area contributed by atoms with Gasteiger partial charge in [-0.05, 0) is 45.1 Å². The SMILES string of the molecule is CC(C)OC(=O)NCC1CCCCC1CN. The summed E-state index contributed by atoms with van der Waals surface area (Å²) in [6, 6.07) is 0. The molecule has 1 fully saturated rings. The van der Waals surface area contributed by atoms with Gasteiger partial charge in [-0.3, -0.25) is 0 Å². The summed E-state index contributed by atoms with van der Waals surface area (Å²) in [5.41, 5.74) is 5.74. The summed E-state index contributed by atoms with van der Waals surface area (Å²) in [5.74, 6) is 1.09. The summed E-state index contributed by atoms with van der Waals surface area (Å²) in [5, 5.41) is 2.83. The average molecular weight is 228 g/mol. The molecule has 0 aromatic rings. The van der Waals surface area contributed by atoms with Crippen molar-refractivity contribution >= 4 is 6.09 Å². The molecule has 1 aliphatic carbocycles. The van der Waals surface area contributed by atoms with Crippen molar-refractivity contribution in [1.82, 2.24) is 5.32 Å². The molecular weight excluding hydrogens is 204 g/mol. The van der Waals surface area contributed by atoms with E-state index in [1.54, 1.807) is 0 Å². The van der Waals surface area contributed by atoms with Gasteiger partial charge in [-0.1, -0.05) is 12.8 Å². The predicted molar refractivity (Wildman–Crippen MR) is 64.1 cm³/mol. The smallest absolute Gasteiger partial charge is 0.407 e. The van der Waals surface area contributed by atoms with Crippen LogP contribution in [0.1, 0.15) is 39.5 Å². The molecule has 1 aliphatic rings. The Bertz CT molecular complexity index is 219. The summed E-state index contributed by atoms with van der Waals surface area (Å²) in [4.78, 5) is 11.3. The number of hydrogen-bond acceptors (Lipinski definition) is 3. The highest BCUT2D eigenvalue weighted by Crippen LogP contribution is 2.28. The first-order chi connectivity index (χ1) is 7.63. The van der Waals surface area contributed by atoms with Crippen LogP contribution in [-0.2, 0) is 4.74 Å². The number of alkyl carbamates (subject to hydrolysis) is 1. The third-order valence-electron chi connectivity index (χ3n) is 3.22. The van der Waals surface area contributed by atoms with Gasteiger partial charge in [0.05, 0.1) is 6.10 Å². The number of carbonyl (C=O) groups is 1. The molecule has 4 nitrogen and oxygen atoms in total. The maximum absolute atomic E-state index is 11.3. The minimum Gasteiger partial charge on any atom is -0.447 e. The Balaban J connectivity index is 2.27. The highest BCUT2D eigenvalue weighted by Gasteiger charge is 2.24. The summed E-state index contributed by atoms with van der Waals surface area (Å²) < 4.78 is 5.03. The molecule has 0 bridgehead atoms. The van der Waals surface area contributed by atoms with Gasteiger partial charge in [-0.25, -0.2) is 4.79 Å². The quantitative estimate of drug-likeness (QED) is 0.772. The fraction of sp³-hybridized carbons (Fsp3) is 0.917. The van der Waals surface area contributed by atoms with Gasteiger partial charge in [0.25, 0.3) is 0 Å². The van der Waals surface area contributed by atoms with Gasteiger partial charge in [0.2, 0.25) is 0 Å². The van der Waals surface area contributed by atoms with Crippen LogP contribution in [0.4, 0.5) is 4.79 Å². The molecule has 0 spiro atoms. The van der Waals surface area contributed by atoms with E-state index in [1.807, 2.05) is 13.8 Å². The van der Waals surface area contributed by atoms with Crippen LogP contribution in [0.5, 0.6) is 0 Å². The Kier molecular flexibility index (Phi) is 5.60. The average Bonchev–Trinajstić information content (AvgIpc) is 2.26. The van der Waals surface area contributed by atoms with Crippen LogP contribution in [0.2, 0.25) is 0 Å². The lowest BCUT2D eigenvalue weighted by Gasteiger charge is -2.30. The second-order valence-corrected chi connectivity index (χ2v) is 4.88. The van der Waals surface area contributed by atoms with Crippen molar-refractivity contribution in [3.8, 4) is 0 Å². The molecule has 0 aromatic heterocycles. The number of hydrogen-bond donors (Lipinski definition) is 2. The van der Waals surface area contributed by atoms with Crippen molar-refractivity contribution in [3.63, 3.8) is 0 Å². The Morgan fingerprint density at radius 3 is 2.56 bits per heavy atom. The molecule has 2 atom stereocenters. The van der Waals surface area contributed by atoms with Gasteiger partial charge >= 0.3 is 6.09 Å². The number of rotatable bonds is 4. The van der Waals surface area contributed by atoms with E-state index in [0.29, 0.717) is 18.4 Å². The molecule has 0 heterocycles. The number of carbonyl (C=O) groups excluding carboxylic acids is 1. The molecule has 3 N–H and O–H groups in total. The van der Waals surface area contributed by atoms with E-state index in [1.165, 1.54) is 25.7 Å². The molecule has 0 aromatic carbocycles. The van der Waals surface area contributed by atoms with E-state index in [2.05, 4.69) is 5.32 Å². The molecule has 2 unspecified atom stereocenters. The second kappa shape index (κ2) is 6.74. The van der Waals surface area contributed by atoms with Crippen molar-refractivity contribution in [1.29, 1.82) is 0 Å². The van der Waals surface area contributed by atoms with Crippen LogP contribution >= 0.6 is 0 Å². The number of ether oxygens (including phenoxy) is 1. The summed E-state index contributed by atoms with van der Waals surface area (Å²) in [6.45, 7) is 5.13. The molecule has 0 saturated heterocycles. The fourth-order valence-electron chi connectivity index (χ4n) is 2.33. The first-order valence-corrected chi connectivity index (χ1v) is 6.28. The molecule has 1 rings (SSSR count). The molecule has 1 saturated carbocycles. The maximum Gasteiger partial charge on any atom is 0.407 e. The highest BCUT2D eigenvalue weighted by molar-refractivity contribution is 5.67. The van der Waals surface area contributed by atoms with Gasteiger partial charge in [-0.15, -0.1) is 0 Å². The van der Waals surface area contributed by atoms with Crippen molar-refractivity contribution < 1.29 is 9.53 Å². The van der Waals surface area contributed by atoms with Gasteiger partial charge in [0.15, 0.2) is 0 Å². The van der Waals surface area contributed by atoms with Crippen LogP contribution in [0.3, 0.4) is 0 Å². The lowest BCUT2D eigenvalue weighted by molar-refractivity contribution is 0.111. The van der Waals surface area contributed by atoms with E-state index in [9.17, 15) is 4.79 Å². The van der Waals surface area contributed by atoms with E-state index >= 15 is 0 Å². The van der Waals surface area contributed by atoms with E-state index in [0.717, 1.165) is 6.54 Å². The minimum atomic E-state index is -0.309. The minimum absolute atomic E-state index is 0.0586. The predicted octanol–water partition coefficient (Wildman–Crippen LogP) is 1.89. The molecule has 1 amide bonds. The van der Waals surface area contributed by atoms with Crippen LogP contribution < -0.4 is 11.1 Å². The fourth-order valence-corrected chi connectivity index (χ4v) is 2.33. The Labute approximate surface area is 97.9 Å². The summed E-state index contributed by atoms with van der Waals surface area (Å²) >= 11 is 0. The lowest BCUT2D eigenvalue weighted by Crippen LogP contribution is -2.37. The van der Waals surface area contributed by atoms with Crippen molar-refractivity contribution in [3.05, 3.63) is 0 Å². The third kappa shape index (κ3) is 4.39. The van der Waals surface area contributed by atoms with Crippen LogP contribution in [0.25, 0.3) is 0 Å². The topological polar surface area (TPSA) is 64.3 Å². The second-order valence-electron chi connectivity index (χ2n) is 4.88. The molecule has 94 valence electrons. The van der Waals surface area contributed by atoms with Gasteiger partial charge in [0.1, 0.15) is 0 Å². The van der Waals surface area contributed by atoms with E-state index < -0.39 is 0 Å². The molecule has 16 heavy (non-hydrogen) atoms. The van der Waals surface area contributed by atoms with Crippen LogP contribution in [0.15, 0.2) is 0 Å². The standard InChI is InChI=1S/C12H24N2O2/c1-9(2)16-12(15)14-8-11-6-4-3-5-10(11)7-13/h9-11H,3-8,13H2,1-2H3,(H,14,15). The zero-order valence-electron chi connectivity index (χ0n) is 10.4. The summed E-state index contributed by atoms with van der Waals surface area (Å²) in [6.07, 6.45) is 4.52. The van der Waals surface area contributed by atoms with Crippen molar-refractivity contribution in [2.24, 2.45) is 17.6 Å². The largest absolute Gasteiger partial charge is 0.447 e. The number of nitrogens with one attached hydrogen (secondary N) is 1. The number of nitrogens with two attached hydrogens (primary N) is 1.